The van der Waals surface area contributed by atoms with Gasteiger partial charge in [0.1, 0.15) is 5.82 Å². The number of piperidine rings is 1. The van der Waals surface area contributed by atoms with Crippen LogP contribution in [0.15, 0.2) is 18.3 Å². The highest BCUT2D eigenvalue weighted by atomic mass is 16.5. The van der Waals surface area contributed by atoms with Gasteiger partial charge in [0.25, 0.3) is 5.91 Å². The summed E-state index contributed by atoms with van der Waals surface area (Å²) in [6, 6.07) is 4.39. The van der Waals surface area contributed by atoms with Crippen LogP contribution in [0.25, 0.3) is 0 Å². The summed E-state index contributed by atoms with van der Waals surface area (Å²) in [5.74, 6) is 1.43. The number of nitrogens with one attached hydrogen (secondary N) is 1. The van der Waals surface area contributed by atoms with Gasteiger partial charge in [0.15, 0.2) is 0 Å². The Balaban J connectivity index is 1.56. The molecule has 2 aliphatic rings. The fourth-order valence-electron chi connectivity index (χ4n) is 4.04. The lowest BCUT2D eigenvalue weighted by Gasteiger charge is -2.32. The third-order valence-corrected chi connectivity index (χ3v) is 5.43. The number of nitrogens with zero attached hydrogens (tertiary/aromatic N) is 2. The van der Waals surface area contributed by atoms with E-state index < -0.39 is 0 Å². The maximum absolute atomic E-state index is 12.7. The summed E-state index contributed by atoms with van der Waals surface area (Å²) in [5, 5.41) is 3.54. The zero-order chi connectivity index (χ0) is 17.5. The van der Waals surface area contributed by atoms with E-state index in [1.54, 1.807) is 13.3 Å². The standard InChI is InChI=1S/C20H31N3O2/c1-25-15-16-7-6-12-23(14-16)20(24)17-10-11-19(21-13-17)22-18-8-4-2-3-5-9-18/h10-11,13,16,18H,2-9,12,14-15H2,1H3,(H,21,22)/t16-/m1/s1. The van der Waals surface area contributed by atoms with Crippen LogP contribution in [0.3, 0.4) is 0 Å². The lowest BCUT2D eigenvalue weighted by molar-refractivity contribution is 0.0570. The molecule has 1 aliphatic heterocycles. The molecule has 1 N–H and O–H groups in total. The van der Waals surface area contributed by atoms with E-state index in [1.807, 2.05) is 17.0 Å². The minimum absolute atomic E-state index is 0.0920. The summed E-state index contributed by atoms with van der Waals surface area (Å²) in [6.07, 6.45) is 11.6. The molecule has 0 spiro atoms. The Kier molecular flexibility index (Phi) is 6.68. The van der Waals surface area contributed by atoms with Crippen LogP contribution in [0.2, 0.25) is 0 Å². The second kappa shape index (κ2) is 9.18. The largest absolute Gasteiger partial charge is 0.384 e. The van der Waals surface area contributed by atoms with Crippen LogP contribution in [-0.2, 0) is 4.74 Å². The second-order valence-electron chi connectivity index (χ2n) is 7.48. The zero-order valence-corrected chi connectivity index (χ0v) is 15.4. The predicted molar refractivity (Wildman–Crippen MR) is 99.9 cm³/mol. The van der Waals surface area contributed by atoms with Crippen LogP contribution in [-0.4, -0.2) is 48.6 Å². The van der Waals surface area contributed by atoms with E-state index in [0.717, 1.165) is 38.4 Å². The van der Waals surface area contributed by atoms with E-state index in [4.69, 9.17) is 4.74 Å². The van der Waals surface area contributed by atoms with Crippen LogP contribution in [0.5, 0.6) is 0 Å². The van der Waals surface area contributed by atoms with Gasteiger partial charge in [0, 0.05) is 32.4 Å². The Bertz CT molecular complexity index is 536. The molecule has 1 saturated heterocycles. The number of likely N-dealkylation sites (tertiary alicyclic amines) is 1. The average molecular weight is 345 g/mol. The summed E-state index contributed by atoms with van der Waals surface area (Å²) in [7, 11) is 1.73. The number of methoxy groups -OCH3 is 1. The summed E-state index contributed by atoms with van der Waals surface area (Å²) in [5.41, 5.74) is 0.685. The van der Waals surface area contributed by atoms with Gasteiger partial charge >= 0.3 is 0 Å². The Morgan fingerprint density at radius 3 is 2.68 bits per heavy atom. The molecule has 1 aromatic rings. The van der Waals surface area contributed by atoms with Crippen LogP contribution in [0.4, 0.5) is 5.82 Å². The average Bonchev–Trinajstić information content (AvgIpc) is 2.91. The topological polar surface area (TPSA) is 54.5 Å². The van der Waals surface area contributed by atoms with Gasteiger partial charge in [-0.15, -0.1) is 0 Å². The van der Waals surface area contributed by atoms with Crippen LogP contribution in [0, 0.1) is 5.92 Å². The van der Waals surface area contributed by atoms with Crippen molar-refractivity contribution in [2.24, 2.45) is 5.92 Å². The smallest absolute Gasteiger partial charge is 0.255 e. The van der Waals surface area contributed by atoms with Crippen molar-refractivity contribution >= 4 is 11.7 Å². The van der Waals surface area contributed by atoms with E-state index in [9.17, 15) is 4.79 Å². The van der Waals surface area contributed by atoms with Crippen LogP contribution >= 0.6 is 0 Å². The van der Waals surface area contributed by atoms with Crippen molar-refractivity contribution in [3.8, 4) is 0 Å². The quantitative estimate of drug-likeness (QED) is 0.827. The second-order valence-corrected chi connectivity index (χ2v) is 7.48. The van der Waals surface area contributed by atoms with Gasteiger partial charge in [-0.2, -0.15) is 0 Å². The lowest BCUT2D eigenvalue weighted by Crippen LogP contribution is -2.41. The number of amides is 1. The number of aromatic nitrogens is 1. The molecule has 25 heavy (non-hydrogen) atoms. The maximum Gasteiger partial charge on any atom is 0.255 e. The van der Waals surface area contributed by atoms with E-state index in [2.05, 4.69) is 10.3 Å². The molecule has 1 saturated carbocycles. The maximum atomic E-state index is 12.7. The van der Waals surface area contributed by atoms with Crippen molar-refractivity contribution in [1.82, 2.24) is 9.88 Å². The molecule has 5 heteroatoms. The monoisotopic (exact) mass is 345 g/mol. The number of rotatable bonds is 5. The third-order valence-electron chi connectivity index (χ3n) is 5.43. The molecular weight excluding hydrogens is 314 g/mol. The third kappa shape index (κ3) is 5.18. The van der Waals surface area contributed by atoms with E-state index in [-0.39, 0.29) is 5.91 Å². The zero-order valence-electron chi connectivity index (χ0n) is 15.4. The first-order chi connectivity index (χ1) is 12.3. The van der Waals surface area contributed by atoms with Gasteiger partial charge in [0.2, 0.25) is 0 Å². The van der Waals surface area contributed by atoms with Gasteiger partial charge in [-0.25, -0.2) is 4.98 Å². The molecule has 138 valence electrons. The molecule has 1 aliphatic carbocycles. The first-order valence-electron chi connectivity index (χ1n) is 9.77. The van der Waals surface area contributed by atoms with Crippen LogP contribution < -0.4 is 5.32 Å². The molecule has 0 bridgehead atoms. The molecule has 0 aromatic carbocycles. The Morgan fingerprint density at radius 2 is 2.00 bits per heavy atom. The predicted octanol–water partition coefficient (Wildman–Crippen LogP) is 3.71. The summed E-state index contributed by atoms with van der Waals surface area (Å²) >= 11 is 0. The number of hydrogen-bond acceptors (Lipinski definition) is 4. The fraction of sp³-hybridized carbons (Fsp3) is 0.700. The minimum Gasteiger partial charge on any atom is -0.384 e. The SMILES string of the molecule is COC[C@@H]1CCCN(C(=O)c2ccc(NC3CCCCCC3)nc2)C1. The van der Waals surface area contributed by atoms with Gasteiger partial charge in [0.05, 0.1) is 12.2 Å². The highest BCUT2D eigenvalue weighted by Gasteiger charge is 2.24. The molecule has 5 nitrogen and oxygen atoms in total. The fourth-order valence-corrected chi connectivity index (χ4v) is 4.04. The van der Waals surface area contributed by atoms with Crippen molar-refractivity contribution in [3.05, 3.63) is 23.9 Å². The summed E-state index contributed by atoms with van der Waals surface area (Å²) in [6.45, 7) is 2.35. The Hall–Kier alpha value is -1.62. The van der Waals surface area contributed by atoms with Crippen molar-refractivity contribution in [2.75, 3.05) is 32.1 Å². The number of carbonyl (C=O) groups is 1. The highest BCUT2D eigenvalue weighted by Crippen LogP contribution is 2.21. The van der Waals surface area contributed by atoms with E-state index >= 15 is 0 Å². The number of ether oxygens (including phenoxy) is 1. The number of hydrogen-bond donors (Lipinski definition) is 1. The molecule has 1 amide bonds. The minimum atomic E-state index is 0.0920. The normalized spacial score (nSPS) is 22.4. The van der Waals surface area contributed by atoms with Gasteiger partial charge < -0.3 is 15.0 Å². The Morgan fingerprint density at radius 1 is 1.20 bits per heavy atom. The molecule has 1 aromatic heterocycles. The highest BCUT2D eigenvalue weighted by molar-refractivity contribution is 5.94. The van der Waals surface area contributed by atoms with Crippen molar-refractivity contribution in [2.45, 2.75) is 57.4 Å². The summed E-state index contributed by atoms with van der Waals surface area (Å²) in [4.78, 5) is 19.2. The lowest BCUT2D eigenvalue weighted by atomic mass is 9.98. The van der Waals surface area contributed by atoms with E-state index in [1.165, 1.54) is 38.5 Å². The van der Waals surface area contributed by atoms with Crippen molar-refractivity contribution in [1.29, 1.82) is 0 Å². The number of anilines is 1. The molecule has 3 rings (SSSR count). The summed E-state index contributed by atoms with van der Waals surface area (Å²) < 4.78 is 5.25. The first-order valence-corrected chi connectivity index (χ1v) is 9.77. The number of carbonyl (C=O) groups excluding carboxylic acids is 1. The molecule has 2 heterocycles. The van der Waals surface area contributed by atoms with Crippen LogP contribution in [0.1, 0.15) is 61.7 Å². The van der Waals surface area contributed by atoms with Gasteiger partial charge in [-0.3, -0.25) is 4.79 Å². The van der Waals surface area contributed by atoms with E-state index in [0.29, 0.717) is 17.5 Å². The van der Waals surface area contributed by atoms with Crippen molar-refractivity contribution < 1.29 is 9.53 Å². The van der Waals surface area contributed by atoms with Crippen molar-refractivity contribution in [3.63, 3.8) is 0 Å². The first kappa shape index (κ1) is 18.2. The molecule has 0 unspecified atom stereocenters. The molecular formula is C20H31N3O2. The molecule has 2 fully saturated rings. The number of pyridine rings is 1. The Labute approximate surface area is 151 Å². The molecule has 0 radical (unpaired) electrons. The van der Waals surface area contributed by atoms with Gasteiger partial charge in [-0.1, -0.05) is 25.7 Å². The molecule has 1 atom stereocenters. The van der Waals surface area contributed by atoms with Gasteiger partial charge in [-0.05, 0) is 43.7 Å².